The van der Waals surface area contributed by atoms with E-state index in [0.29, 0.717) is 87.6 Å². The van der Waals surface area contributed by atoms with Gasteiger partial charge in [-0.3, -0.25) is 9.97 Å². The Morgan fingerprint density at radius 1 is 0.455 bits per heavy atom. The summed E-state index contributed by atoms with van der Waals surface area (Å²) in [6, 6.07) is 38.2. The highest BCUT2D eigenvalue weighted by Gasteiger charge is 2.24. The summed E-state index contributed by atoms with van der Waals surface area (Å²) in [5.41, 5.74) is 21.0. The number of fused-ring (bicyclic) bond motifs is 5. The number of rotatable bonds is 33. The van der Waals surface area contributed by atoms with Crippen LogP contribution in [0.15, 0.2) is 184 Å². The molecule has 132 heavy (non-hydrogen) atoms. The number of ether oxygens (including phenoxy) is 2. The molecule has 0 saturated heterocycles. The second-order valence-corrected chi connectivity index (χ2v) is 32.4. The van der Waals surface area contributed by atoms with E-state index >= 15 is 0 Å². The minimum Gasteiger partial charge on any atom is -0.496 e. The Morgan fingerprint density at radius 3 is 1.37 bits per heavy atom. The number of pyridine rings is 2. The molecule has 0 unspecified atom stereocenters. The van der Waals surface area contributed by atoms with E-state index in [2.05, 4.69) is 140 Å². The number of nitrogen functional groups attached to an aromatic ring is 1. The van der Waals surface area contributed by atoms with Crippen LogP contribution in [-0.2, 0) is 52.4 Å². The number of nitrogens with two attached hydrogens (primary N) is 1. The number of anilines is 6. The summed E-state index contributed by atoms with van der Waals surface area (Å²) >= 11 is 1.66. The number of hydrogen-bond acceptors (Lipinski definition) is 30. The van der Waals surface area contributed by atoms with Crippen LogP contribution >= 0.6 is 24.8 Å². The predicted molar refractivity (Wildman–Crippen MR) is 512 cm³/mol. The lowest BCUT2D eigenvalue weighted by molar-refractivity contribution is 0.267. The lowest BCUT2D eigenvalue weighted by Gasteiger charge is -2.19. The van der Waals surface area contributed by atoms with Crippen molar-refractivity contribution in [3.8, 4) is 11.5 Å². The Balaban J connectivity index is 0.000000140. The van der Waals surface area contributed by atoms with Gasteiger partial charge >= 0.3 is 0 Å². The molecule has 0 saturated carbocycles. The molecule has 0 aliphatic heterocycles. The molecule has 0 radical (unpaired) electrons. The average molecular weight is 1830 g/mol. The number of unbranched alkanes of at least 4 members (excludes halogenated alkanes) is 1. The van der Waals surface area contributed by atoms with Gasteiger partial charge in [0.1, 0.15) is 108 Å². The molecule has 0 aliphatic rings. The van der Waals surface area contributed by atoms with Crippen LogP contribution in [0.3, 0.4) is 0 Å². The van der Waals surface area contributed by atoms with Gasteiger partial charge in [-0.1, -0.05) is 91.0 Å². The van der Waals surface area contributed by atoms with Crippen molar-refractivity contribution < 1.29 is 42.0 Å². The summed E-state index contributed by atoms with van der Waals surface area (Å²) in [6.45, 7) is 24.0. The number of methoxy groups -OCH3 is 2. The molecule has 0 spiro atoms. The molecule has 18 aromatic rings. The maximum atomic E-state index is 14.5. The Labute approximate surface area is 771 Å². The third-order valence-corrected chi connectivity index (χ3v) is 21.9. The lowest BCUT2D eigenvalue weighted by atomic mass is 10.1. The molecule has 688 valence electrons. The number of aryl methyl sites for hydroxylation is 8. The number of benzene rings is 2. The number of aliphatic hydroxyl groups is 2. The van der Waals surface area contributed by atoms with Crippen molar-refractivity contribution in [2.45, 2.75) is 172 Å². The molecule has 18 rings (SSSR count). The van der Waals surface area contributed by atoms with Crippen LogP contribution in [0, 0.1) is 67.0 Å². The fraction of sp³-hybridized carbons (Fsp3) is 0.319. The van der Waals surface area contributed by atoms with Gasteiger partial charge in [0.2, 0.25) is 5.95 Å². The molecule has 2 atom stereocenters. The third-order valence-electron chi connectivity index (χ3n) is 21.1. The van der Waals surface area contributed by atoms with Gasteiger partial charge in [-0.15, -0.1) is 11.3 Å². The van der Waals surface area contributed by atoms with Gasteiger partial charge in [0.25, 0.3) is 0 Å². The van der Waals surface area contributed by atoms with Crippen molar-refractivity contribution in [3.05, 3.63) is 273 Å². The number of hydrogen-bond donors (Lipinski definition) is 8. The minimum atomic E-state index is -0.428. The van der Waals surface area contributed by atoms with Crippen molar-refractivity contribution in [1.29, 1.82) is 0 Å². The first-order valence-electron chi connectivity index (χ1n) is 43.1. The molecule has 34 nitrogen and oxygen atoms in total. The van der Waals surface area contributed by atoms with Gasteiger partial charge in [-0.05, 0) is 141 Å². The smallest absolute Gasteiger partial charge is 0.222 e. The number of nitrogens with one attached hydrogen (secondary N) is 5. The summed E-state index contributed by atoms with van der Waals surface area (Å²) in [6.07, 6.45) is 17.8. The summed E-state index contributed by atoms with van der Waals surface area (Å²) < 4.78 is 64.1. The van der Waals surface area contributed by atoms with Gasteiger partial charge in [0.05, 0.1) is 129 Å². The van der Waals surface area contributed by atoms with Gasteiger partial charge in [0.15, 0.2) is 34.9 Å². The zero-order chi connectivity index (χ0) is 92.0. The van der Waals surface area contributed by atoms with Gasteiger partial charge in [-0.2, -0.15) is 18.5 Å². The lowest BCUT2D eigenvalue weighted by Crippen LogP contribution is -2.25. The predicted octanol–water partition coefficient (Wildman–Crippen LogP) is 16.8. The number of halogens is 2. The monoisotopic (exact) mass is 1830 g/mol. The van der Waals surface area contributed by atoms with E-state index in [1.54, 1.807) is 42.4 Å². The standard InChI is InChI=1S/C22H30N4O3.C19H24FN5O.C18H17FN6O.C18H18N6O.C17H18N6OS.H2S/c1-5-6-8-16(14-27)25-22-21-18(23-15(2)24-22)11-12-26(21)13-17-19(28-3)9-7-10-20(17)29-4;1-2-6-14(9-10-26)22-18-17-16(23-19(21)24-18)15(20)12-25(17)11-13-7-4-3-5-8-13;1-11-7-15(24-26-11)9-21-18-17-16(22-12(2)23-18)5-6-25(17)10-14-4-3-13(19)8-20-14;1-12-9-15(23-25-12)10-20-18-17-16(21-13(2)22-18)6-8-24(17)11-14-5-3-4-7-19-14;1-10-6-13(22-24-10)7-18-17-16-15(19-11(2)20-17)4-5-23(16)8-14-9-25-12(3)21-14;/h7,9-12,16,27H,5-6,8,13-14H2,1-4H3,(H,23,24,25);3-5,7-8,12,14,26H,2,6,9-11H2,1H3,(H3,21,22,23,24);3-8H,9-10H2,1-2H3,(H,21,22,23);3-9H,10-11H2,1-2H3,(H,20,21,22);4-6,9H,7-8H2,1-3H3,(H,18,19,20);1H2/t16-;14-;;;;/m00..../s1. The summed E-state index contributed by atoms with van der Waals surface area (Å²) in [7, 11) is 3.32. The Kier molecular flexibility index (Phi) is 32.6. The van der Waals surface area contributed by atoms with Crippen molar-refractivity contribution in [2.75, 3.05) is 59.8 Å². The van der Waals surface area contributed by atoms with Crippen LogP contribution in [0.4, 0.5) is 43.8 Å². The molecule has 0 amide bonds. The first-order valence-corrected chi connectivity index (χ1v) is 44.0. The average Bonchev–Trinajstić information content (AvgIpc) is 1.62. The van der Waals surface area contributed by atoms with Crippen molar-refractivity contribution >= 4 is 115 Å². The topological polar surface area (TPSA) is 415 Å². The maximum absolute atomic E-state index is 14.5. The van der Waals surface area contributed by atoms with Crippen molar-refractivity contribution in [1.82, 2.24) is 103 Å². The fourth-order valence-electron chi connectivity index (χ4n) is 15.2. The zero-order valence-corrected chi connectivity index (χ0v) is 77.5. The quantitative estimate of drug-likeness (QED) is 0.0189. The molecule has 0 bridgehead atoms. The van der Waals surface area contributed by atoms with Crippen molar-refractivity contribution in [2.24, 2.45) is 0 Å². The van der Waals surface area contributed by atoms with Gasteiger partial charge in [-0.25, -0.2) is 58.6 Å². The second kappa shape index (κ2) is 45.3. The largest absolute Gasteiger partial charge is 0.496 e. The van der Waals surface area contributed by atoms with E-state index in [0.717, 1.165) is 184 Å². The molecule has 9 N–H and O–H groups in total. The fourth-order valence-corrected chi connectivity index (χ4v) is 15.8. The van der Waals surface area contributed by atoms with Crippen LogP contribution in [0.25, 0.3) is 55.2 Å². The molecule has 16 heterocycles. The van der Waals surface area contributed by atoms with E-state index in [-0.39, 0.29) is 56.1 Å². The van der Waals surface area contributed by atoms with Crippen molar-refractivity contribution in [3.63, 3.8) is 0 Å². The SMILES string of the molecule is CCCC[C@@H](CO)Nc1nc(C)nc2ccn(Cc3c(OC)cccc3OC)c12.CCC[C@@H](CCO)Nc1nc(N)nc2c(F)cn(Cc3ccccc3)c12.Cc1nc(NCc2cc(C)on2)c2c(ccn2Cc2ccc(F)cn2)n1.Cc1nc(NCc2cc(C)on2)c2c(ccn2Cc2ccccn2)n1.Cc1nc(NCc2cc(C)on2)c2c(ccn2Cc2csc(C)n2)n1.S. The van der Waals surface area contributed by atoms with Gasteiger partial charge < -0.3 is 88.4 Å². The second-order valence-electron chi connectivity index (χ2n) is 31.3. The third kappa shape index (κ3) is 24.6. The summed E-state index contributed by atoms with van der Waals surface area (Å²) in [5, 5.41) is 51.1. The van der Waals surface area contributed by atoms with Crippen LogP contribution in [0.5, 0.6) is 11.5 Å². The zero-order valence-electron chi connectivity index (χ0n) is 75.7. The number of nitrogens with zero attached hydrogens (tertiary/aromatic N) is 21. The first-order chi connectivity index (χ1) is 63.6. The summed E-state index contributed by atoms with van der Waals surface area (Å²) in [4.78, 5) is 57.9. The van der Waals surface area contributed by atoms with Crippen LogP contribution in [0.1, 0.15) is 143 Å². The first kappa shape index (κ1) is 95.2. The molecule has 38 heteroatoms. The molecule has 2 aromatic carbocycles. The number of aromatic nitrogens is 21. The van der Waals surface area contributed by atoms with Crippen LogP contribution in [0.2, 0.25) is 0 Å². The summed E-state index contributed by atoms with van der Waals surface area (Å²) in [5.74, 6) is 9.47. The molecule has 0 fully saturated rings. The number of thiazole rings is 1. The van der Waals surface area contributed by atoms with E-state index < -0.39 is 5.82 Å². The molecular formula is C94H109F2N27O7S2. The van der Waals surface area contributed by atoms with E-state index in [9.17, 15) is 19.0 Å². The molecule has 16 aromatic heterocycles. The van der Waals surface area contributed by atoms with E-state index in [1.165, 1.54) is 18.5 Å². The van der Waals surface area contributed by atoms with E-state index in [1.807, 2.05) is 194 Å². The Morgan fingerprint density at radius 2 is 0.932 bits per heavy atom. The van der Waals surface area contributed by atoms with Crippen LogP contribution < -0.4 is 41.8 Å². The highest BCUT2D eigenvalue weighted by molar-refractivity contribution is 7.59. The highest BCUT2D eigenvalue weighted by Crippen LogP contribution is 2.35. The highest BCUT2D eigenvalue weighted by atomic mass is 32.1. The molecular weight excluding hydrogens is 1720 g/mol. The number of aliphatic hydroxyl groups excluding tert-OH is 2. The van der Waals surface area contributed by atoms with E-state index in [4.69, 9.17) is 28.8 Å². The normalized spacial score (nSPS) is 11.6. The molecule has 0 aliphatic carbocycles. The maximum Gasteiger partial charge on any atom is 0.222 e. The van der Waals surface area contributed by atoms with Gasteiger partial charge in [0, 0.05) is 80.0 Å². The Bertz CT molecular complexity index is 6760. The van der Waals surface area contributed by atoms with Crippen LogP contribution in [-0.4, -0.2) is 153 Å². The minimum absolute atomic E-state index is 0. The Hall–Kier alpha value is -14.4.